The summed E-state index contributed by atoms with van der Waals surface area (Å²) in [7, 11) is 0. The first kappa shape index (κ1) is 10.7. The number of nitrogens with two attached hydrogens (primary N) is 2. The summed E-state index contributed by atoms with van der Waals surface area (Å²) < 4.78 is 0. The molecule has 1 aromatic carbocycles. The Bertz CT molecular complexity index is 394. The second-order valence-electron chi connectivity index (χ2n) is 2.55. The quantitative estimate of drug-likeness (QED) is 0.664. The lowest BCUT2D eigenvalue weighted by Crippen LogP contribution is -2.20. The molecule has 0 atom stereocenters. The van der Waals surface area contributed by atoms with Crippen LogP contribution in [0.5, 0.6) is 0 Å². The summed E-state index contributed by atoms with van der Waals surface area (Å²) in [5, 5.41) is 3.13. The Morgan fingerprint density at radius 3 is 2.57 bits per heavy atom. The maximum Gasteiger partial charge on any atom is 0.248 e. The molecule has 0 unspecified atom stereocenters. The standard InChI is InChI=1S/C8H8ClN3OS/c9-5-2-1-4(7(10)13)3-6(5)12-8(11)14/h1-3H,(H2,10,13)(H3,11,12,14). The third kappa shape index (κ3) is 2.58. The van der Waals surface area contributed by atoms with Gasteiger partial charge in [0.1, 0.15) is 0 Å². The van der Waals surface area contributed by atoms with Crippen molar-refractivity contribution in [2.45, 2.75) is 0 Å². The second kappa shape index (κ2) is 4.26. The number of primary amides is 1. The molecule has 14 heavy (non-hydrogen) atoms. The normalized spacial score (nSPS) is 9.50. The van der Waals surface area contributed by atoms with E-state index in [9.17, 15) is 4.79 Å². The van der Waals surface area contributed by atoms with Gasteiger partial charge >= 0.3 is 0 Å². The van der Waals surface area contributed by atoms with Crippen molar-refractivity contribution >= 4 is 40.5 Å². The van der Waals surface area contributed by atoms with Crippen molar-refractivity contribution in [3.05, 3.63) is 28.8 Å². The van der Waals surface area contributed by atoms with Gasteiger partial charge in [0.2, 0.25) is 5.91 Å². The summed E-state index contributed by atoms with van der Waals surface area (Å²) in [4.78, 5) is 10.8. The molecule has 1 amide bonds. The number of benzene rings is 1. The van der Waals surface area contributed by atoms with E-state index in [0.717, 1.165) is 0 Å². The molecule has 1 aromatic rings. The monoisotopic (exact) mass is 229 g/mol. The Hall–Kier alpha value is -1.33. The van der Waals surface area contributed by atoms with Crippen LogP contribution < -0.4 is 16.8 Å². The van der Waals surface area contributed by atoms with Crippen LogP contribution >= 0.6 is 23.8 Å². The highest BCUT2D eigenvalue weighted by molar-refractivity contribution is 7.80. The van der Waals surface area contributed by atoms with Crippen molar-refractivity contribution in [2.24, 2.45) is 11.5 Å². The third-order valence-electron chi connectivity index (χ3n) is 1.51. The minimum absolute atomic E-state index is 0.0773. The topological polar surface area (TPSA) is 81.1 Å². The molecule has 0 spiro atoms. The van der Waals surface area contributed by atoms with Crippen molar-refractivity contribution < 1.29 is 4.79 Å². The molecule has 0 aliphatic rings. The number of anilines is 1. The van der Waals surface area contributed by atoms with Crippen LogP contribution in [0.15, 0.2) is 18.2 Å². The molecule has 5 N–H and O–H groups in total. The summed E-state index contributed by atoms with van der Waals surface area (Å²) in [6.07, 6.45) is 0. The minimum atomic E-state index is -0.535. The van der Waals surface area contributed by atoms with E-state index in [2.05, 4.69) is 17.5 Å². The molecule has 4 nitrogen and oxygen atoms in total. The van der Waals surface area contributed by atoms with Gasteiger partial charge in [-0.2, -0.15) is 0 Å². The maximum atomic E-state index is 10.8. The van der Waals surface area contributed by atoms with E-state index in [1.807, 2.05) is 0 Å². The number of amides is 1. The minimum Gasteiger partial charge on any atom is -0.376 e. The Morgan fingerprint density at radius 2 is 2.07 bits per heavy atom. The number of thiocarbonyl (C=S) groups is 1. The van der Waals surface area contributed by atoms with Crippen LogP contribution in [0.1, 0.15) is 10.4 Å². The van der Waals surface area contributed by atoms with E-state index in [4.69, 9.17) is 23.1 Å². The molecule has 0 saturated heterocycles. The first-order valence-corrected chi connectivity index (χ1v) is 4.45. The lowest BCUT2D eigenvalue weighted by Gasteiger charge is -2.06. The average Bonchev–Trinajstić information content (AvgIpc) is 2.07. The number of hydrogen-bond acceptors (Lipinski definition) is 2. The first-order valence-electron chi connectivity index (χ1n) is 3.66. The van der Waals surface area contributed by atoms with Crippen LogP contribution in [-0.4, -0.2) is 11.0 Å². The highest BCUT2D eigenvalue weighted by Crippen LogP contribution is 2.22. The molecule has 0 bridgehead atoms. The summed E-state index contributed by atoms with van der Waals surface area (Å²) in [5.74, 6) is -0.535. The number of hydrogen-bond donors (Lipinski definition) is 3. The second-order valence-corrected chi connectivity index (χ2v) is 3.40. The van der Waals surface area contributed by atoms with Gasteiger partial charge in [-0.3, -0.25) is 4.79 Å². The third-order valence-corrected chi connectivity index (χ3v) is 1.94. The predicted molar refractivity (Wildman–Crippen MR) is 60.4 cm³/mol. The van der Waals surface area contributed by atoms with Crippen LogP contribution in [0, 0.1) is 0 Å². The molecule has 6 heteroatoms. The van der Waals surface area contributed by atoms with Gasteiger partial charge in [0.05, 0.1) is 10.7 Å². The van der Waals surface area contributed by atoms with E-state index >= 15 is 0 Å². The van der Waals surface area contributed by atoms with Gasteiger partial charge in [0, 0.05) is 5.56 Å². The Labute approximate surface area is 91.2 Å². The predicted octanol–water partition coefficient (Wildman–Crippen LogP) is 1.09. The van der Waals surface area contributed by atoms with Crippen molar-refractivity contribution in [1.82, 2.24) is 0 Å². The highest BCUT2D eigenvalue weighted by atomic mass is 35.5. The van der Waals surface area contributed by atoms with Crippen molar-refractivity contribution in [3.8, 4) is 0 Å². The summed E-state index contributed by atoms with van der Waals surface area (Å²) in [6, 6.07) is 4.56. The van der Waals surface area contributed by atoms with Gasteiger partial charge in [-0.15, -0.1) is 0 Å². The van der Waals surface area contributed by atoms with Gasteiger partial charge < -0.3 is 16.8 Å². The molecule has 0 fully saturated rings. The Morgan fingerprint density at radius 1 is 1.43 bits per heavy atom. The highest BCUT2D eigenvalue weighted by Gasteiger charge is 2.05. The zero-order chi connectivity index (χ0) is 10.7. The van der Waals surface area contributed by atoms with Gasteiger partial charge in [-0.1, -0.05) is 11.6 Å². The maximum absolute atomic E-state index is 10.8. The Kier molecular flexibility index (Phi) is 3.27. The van der Waals surface area contributed by atoms with E-state index in [0.29, 0.717) is 16.3 Å². The molecule has 0 aliphatic carbocycles. The lowest BCUT2D eigenvalue weighted by atomic mass is 10.2. The number of carbonyl (C=O) groups excluding carboxylic acids is 1. The number of rotatable bonds is 2. The zero-order valence-corrected chi connectivity index (χ0v) is 8.65. The van der Waals surface area contributed by atoms with Crippen LogP contribution in [0.25, 0.3) is 0 Å². The van der Waals surface area contributed by atoms with E-state index < -0.39 is 5.91 Å². The molecular formula is C8H8ClN3OS. The van der Waals surface area contributed by atoms with E-state index in [-0.39, 0.29) is 5.11 Å². The summed E-state index contributed by atoms with van der Waals surface area (Å²) >= 11 is 10.5. The Balaban J connectivity index is 3.08. The van der Waals surface area contributed by atoms with Crippen LogP contribution in [-0.2, 0) is 0 Å². The smallest absolute Gasteiger partial charge is 0.248 e. The average molecular weight is 230 g/mol. The molecule has 0 radical (unpaired) electrons. The van der Waals surface area contributed by atoms with E-state index in [1.165, 1.54) is 12.1 Å². The van der Waals surface area contributed by atoms with Crippen LogP contribution in [0.2, 0.25) is 5.02 Å². The fourth-order valence-corrected chi connectivity index (χ4v) is 1.18. The van der Waals surface area contributed by atoms with E-state index in [1.54, 1.807) is 6.07 Å². The summed E-state index contributed by atoms with van der Waals surface area (Å²) in [6.45, 7) is 0. The van der Waals surface area contributed by atoms with Gasteiger partial charge in [-0.05, 0) is 30.4 Å². The number of halogens is 1. The fraction of sp³-hybridized carbons (Fsp3) is 0. The van der Waals surface area contributed by atoms with Crippen molar-refractivity contribution in [2.75, 3.05) is 5.32 Å². The number of nitrogens with one attached hydrogen (secondary N) is 1. The number of carbonyl (C=O) groups is 1. The van der Waals surface area contributed by atoms with Crippen LogP contribution in [0.4, 0.5) is 5.69 Å². The SMILES string of the molecule is NC(=O)c1ccc(Cl)c(NC(N)=S)c1. The van der Waals surface area contributed by atoms with Crippen molar-refractivity contribution in [3.63, 3.8) is 0 Å². The summed E-state index contributed by atoms with van der Waals surface area (Å²) in [5.41, 5.74) is 11.2. The molecule has 74 valence electrons. The first-order chi connectivity index (χ1) is 6.50. The van der Waals surface area contributed by atoms with Gasteiger partial charge in [0.25, 0.3) is 0 Å². The molecule has 1 rings (SSSR count). The lowest BCUT2D eigenvalue weighted by molar-refractivity contribution is 0.100. The fourth-order valence-electron chi connectivity index (χ4n) is 0.907. The van der Waals surface area contributed by atoms with Crippen molar-refractivity contribution in [1.29, 1.82) is 0 Å². The molecule has 0 heterocycles. The van der Waals surface area contributed by atoms with Gasteiger partial charge in [0.15, 0.2) is 5.11 Å². The molecular weight excluding hydrogens is 222 g/mol. The zero-order valence-electron chi connectivity index (χ0n) is 7.08. The molecule has 0 aliphatic heterocycles. The largest absolute Gasteiger partial charge is 0.376 e. The molecule has 0 aromatic heterocycles. The molecule has 0 saturated carbocycles. The van der Waals surface area contributed by atoms with Gasteiger partial charge in [-0.25, -0.2) is 0 Å². The van der Waals surface area contributed by atoms with Crippen LogP contribution in [0.3, 0.4) is 0 Å².